The van der Waals surface area contributed by atoms with Crippen LogP contribution in [0.4, 0.5) is 11.4 Å². The maximum absolute atomic E-state index is 14.2. The van der Waals surface area contributed by atoms with Crippen LogP contribution in [0.2, 0.25) is 0 Å². The van der Waals surface area contributed by atoms with Crippen molar-refractivity contribution in [3.8, 4) is 5.69 Å². The molecular formula is C35H32N4O3. The van der Waals surface area contributed by atoms with Crippen molar-refractivity contribution in [2.45, 2.75) is 32.9 Å². The van der Waals surface area contributed by atoms with Gasteiger partial charge in [0, 0.05) is 23.6 Å². The Labute approximate surface area is 245 Å². The summed E-state index contributed by atoms with van der Waals surface area (Å²) in [6.45, 7) is 4.07. The molecule has 42 heavy (non-hydrogen) atoms. The molecule has 0 spiro atoms. The van der Waals surface area contributed by atoms with Crippen LogP contribution >= 0.6 is 0 Å². The van der Waals surface area contributed by atoms with Crippen molar-refractivity contribution in [3.63, 3.8) is 0 Å². The fraction of sp³-hybridized carbons (Fsp3) is 0.171. The number of aliphatic hydroxyl groups is 1. The predicted molar refractivity (Wildman–Crippen MR) is 163 cm³/mol. The van der Waals surface area contributed by atoms with Crippen LogP contribution in [-0.4, -0.2) is 44.3 Å². The first-order chi connectivity index (χ1) is 20.5. The molecule has 0 saturated heterocycles. The van der Waals surface area contributed by atoms with E-state index >= 15 is 0 Å². The monoisotopic (exact) mass is 556 g/mol. The molecule has 0 radical (unpaired) electrons. The summed E-state index contributed by atoms with van der Waals surface area (Å²) in [4.78, 5) is 31.6. The van der Waals surface area contributed by atoms with Crippen molar-refractivity contribution in [3.05, 3.63) is 143 Å². The number of benzene rings is 4. The molecule has 2 amide bonds. The highest BCUT2D eigenvalue weighted by Crippen LogP contribution is 2.30. The van der Waals surface area contributed by atoms with Gasteiger partial charge in [0.05, 0.1) is 23.9 Å². The summed E-state index contributed by atoms with van der Waals surface area (Å²) in [5.74, 6) is -0.447. The van der Waals surface area contributed by atoms with Crippen molar-refractivity contribution in [1.29, 1.82) is 0 Å². The molecule has 2 heterocycles. The number of carbonyl (C=O) groups is 2. The summed E-state index contributed by atoms with van der Waals surface area (Å²) in [5.41, 5.74) is 6.57. The van der Waals surface area contributed by atoms with Crippen molar-refractivity contribution in [2.75, 3.05) is 11.5 Å². The highest BCUT2D eigenvalue weighted by molar-refractivity contribution is 6.10. The normalized spacial score (nSPS) is 14.4. The Bertz CT molecular complexity index is 1710. The summed E-state index contributed by atoms with van der Waals surface area (Å²) in [6, 6.07) is 34.1. The molecule has 0 saturated carbocycles. The number of para-hydroxylation sites is 2. The van der Waals surface area contributed by atoms with E-state index in [1.807, 2.05) is 111 Å². The Morgan fingerprint density at radius 1 is 0.833 bits per heavy atom. The average Bonchev–Trinajstić information content (AvgIpc) is 3.42. The molecule has 1 aliphatic rings. The summed E-state index contributed by atoms with van der Waals surface area (Å²) in [6.07, 6.45) is 0.591. The minimum atomic E-state index is -0.332. The van der Waals surface area contributed by atoms with Gasteiger partial charge in [-0.3, -0.25) is 14.5 Å². The Balaban J connectivity index is 1.39. The first-order valence-electron chi connectivity index (χ1n) is 14.1. The molecule has 210 valence electrons. The lowest BCUT2D eigenvalue weighted by molar-refractivity contribution is 0.0543. The number of hydrogen-bond acceptors (Lipinski definition) is 4. The molecule has 0 unspecified atom stereocenters. The van der Waals surface area contributed by atoms with Gasteiger partial charge in [-0.25, -0.2) is 4.68 Å². The molecule has 1 aliphatic heterocycles. The van der Waals surface area contributed by atoms with Crippen molar-refractivity contribution < 1.29 is 14.7 Å². The van der Waals surface area contributed by atoms with E-state index in [0.717, 1.165) is 33.8 Å². The van der Waals surface area contributed by atoms with E-state index in [-0.39, 0.29) is 30.2 Å². The zero-order chi connectivity index (χ0) is 29.2. The topological polar surface area (TPSA) is 78.7 Å². The Kier molecular flexibility index (Phi) is 7.42. The van der Waals surface area contributed by atoms with E-state index in [1.165, 1.54) is 0 Å². The second-order valence-corrected chi connectivity index (χ2v) is 10.6. The number of fused-ring (bicyclic) bond motifs is 1. The molecule has 0 bridgehead atoms. The molecular weight excluding hydrogens is 524 g/mol. The average molecular weight is 557 g/mol. The third kappa shape index (κ3) is 4.99. The van der Waals surface area contributed by atoms with E-state index in [0.29, 0.717) is 24.2 Å². The number of carbonyl (C=O) groups excluding carboxylic acids is 2. The molecule has 6 rings (SSSR count). The van der Waals surface area contributed by atoms with Crippen LogP contribution < -0.4 is 4.90 Å². The van der Waals surface area contributed by atoms with Crippen LogP contribution in [0.25, 0.3) is 5.69 Å². The molecule has 1 aromatic heterocycles. The van der Waals surface area contributed by atoms with Gasteiger partial charge in [-0.2, -0.15) is 5.10 Å². The van der Waals surface area contributed by atoms with Crippen LogP contribution in [-0.2, 0) is 13.0 Å². The molecule has 1 N–H and O–H groups in total. The zero-order valence-corrected chi connectivity index (χ0v) is 23.6. The van der Waals surface area contributed by atoms with Gasteiger partial charge in [-0.1, -0.05) is 72.8 Å². The number of hydrogen-bond donors (Lipinski definition) is 1. The van der Waals surface area contributed by atoms with Crippen molar-refractivity contribution in [2.24, 2.45) is 0 Å². The molecule has 5 aromatic rings. The number of rotatable bonds is 6. The van der Waals surface area contributed by atoms with Crippen LogP contribution in [0.15, 0.2) is 109 Å². The third-order valence-corrected chi connectivity index (χ3v) is 7.86. The van der Waals surface area contributed by atoms with Gasteiger partial charge in [0.1, 0.15) is 0 Å². The largest absolute Gasteiger partial charge is 0.394 e. The third-order valence-electron chi connectivity index (χ3n) is 7.86. The summed E-state index contributed by atoms with van der Waals surface area (Å²) in [5, 5.41) is 15.0. The Hall–Kier alpha value is -5.01. The quantitative estimate of drug-likeness (QED) is 0.277. The number of anilines is 2. The van der Waals surface area contributed by atoms with Crippen LogP contribution in [0, 0.1) is 13.8 Å². The van der Waals surface area contributed by atoms with Gasteiger partial charge in [0.15, 0.2) is 5.69 Å². The smallest absolute Gasteiger partial charge is 0.283 e. The van der Waals surface area contributed by atoms with Gasteiger partial charge in [-0.15, -0.1) is 0 Å². The number of aromatic nitrogens is 2. The molecule has 1 atom stereocenters. The minimum absolute atomic E-state index is 0.129. The minimum Gasteiger partial charge on any atom is -0.394 e. The van der Waals surface area contributed by atoms with Gasteiger partial charge in [0.2, 0.25) is 0 Å². The van der Waals surface area contributed by atoms with Crippen LogP contribution in [0.5, 0.6) is 0 Å². The number of aryl methyl sites for hydroxylation is 2. The summed E-state index contributed by atoms with van der Waals surface area (Å²) < 4.78 is 1.67. The van der Waals surface area contributed by atoms with Crippen LogP contribution in [0.3, 0.4) is 0 Å². The van der Waals surface area contributed by atoms with Gasteiger partial charge in [0.25, 0.3) is 11.8 Å². The molecule has 0 fully saturated rings. The lowest BCUT2D eigenvalue weighted by atomic mass is 9.93. The van der Waals surface area contributed by atoms with E-state index in [9.17, 15) is 14.7 Å². The first-order valence-corrected chi connectivity index (χ1v) is 14.1. The van der Waals surface area contributed by atoms with Crippen molar-refractivity contribution >= 4 is 23.2 Å². The maximum Gasteiger partial charge on any atom is 0.283 e. The predicted octanol–water partition coefficient (Wildman–Crippen LogP) is 6.03. The Morgan fingerprint density at radius 2 is 1.45 bits per heavy atom. The van der Waals surface area contributed by atoms with Gasteiger partial charge in [-0.05, 0) is 73.4 Å². The molecule has 4 aromatic carbocycles. The molecule has 7 heteroatoms. The maximum atomic E-state index is 14.2. The van der Waals surface area contributed by atoms with E-state index < -0.39 is 0 Å². The lowest BCUT2D eigenvalue weighted by Crippen LogP contribution is -2.46. The fourth-order valence-corrected chi connectivity index (χ4v) is 5.71. The molecule has 7 nitrogen and oxygen atoms in total. The first kappa shape index (κ1) is 27.2. The van der Waals surface area contributed by atoms with E-state index in [2.05, 4.69) is 6.07 Å². The molecule has 0 aliphatic carbocycles. The van der Waals surface area contributed by atoms with Crippen LogP contribution in [0.1, 0.15) is 43.2 Å². The number of aliphatic hydroxyl groups excluding tert-OH is 1. The lowest BCUT2D eigenvalue weighted by Gasteiger charge is -2.36. The second kappa shape index (κ2) is 11.5. The SMILES string of the molecule is Cc1cccc(-n2nc(C(=O)N(c3ccccc3)c3ccccc3)cc2C)c1C(=O)N1Cc2ccccc2C[C@H]1CO. The second-order valence-electron chi connectivity index (χ2n) is 10.6. The zero-order valence-electron chi connectivity index (χ0n) is 23.6. The summed E-state index contributed by atoms with van der Waals surface area (Å²) >= 11 is 0. The standard InChI is InChI=1S/C35H32N4O3/c1-24-12-11-19-32(33(24)35(42)37-22-27-14-10-9-13-26(27)21-30(37)23-40)39-25(2)20-31(36-39)34(41)38(28-15-5-3-6-16-28)29-17-7-4-8-18-29/h3-20,30,40H,21-23H2,1-2H3/t30-/m0/s1. The highest BCUT2D eigenvalue weighted by atomic mass is 16.3. The van der Waals surface area contributed by atoms with E-state index in [1.54, 1.807) is 20.5 Å². The van der Waals surface area contributed by atoms with Crippen molar-refractivity contribution in [1.82, 2.24) is 14.7 Å². The van der Waals surface area contributed by atoms with Gasteiger partial charge < -0.3 is 10.0 Å². The fourth-order valence-electron chi connectivity index (χ4n) is 5.71. The number of amides is 2. The number of nitrogens with zero attached hydrogens (tertiary/aromatic N) is 4. The van der Waals surface area contributed by atoms with Gasteiger partial charge >= 0.3 is 0 Å². The summed E-state index contributed by atoms with van der Waals surface area (Å²) in [7, 11) is 0. The highest BCUT2D eigenvalue weighted by Gasteiger charge is 2.32. The van der Waals surface area contributed by atoms with E-state index in [4.69, 9.17) is 5.10 Å². The Morgan fingerprint density at radius 3 is 2.10 bits per heavy atom.